The maximum Gasteiger partial charge on any atom is 0.129 e. The topological polar surface area (TPSA) is 20.2 Å². The van der Waals surface area contributed by atoms with Crippen molar-refractivity contribution in [3.63, 3.8) is 0 Å². The van der Waals surface area contributed by atoms with E-state index in [2.05, 4.69) is 48.0 Å². The molecule has 0 spiro atoms. The summed E-state index contributed by atoms with van der Waals surface area (Å²) in [6.07, 6.45) is 0. The van der Waals surface area contributed by atoms with Crippen LogP contribution in [0.2, 0.25) is 0 Å². The summed E-state index contributed by atoms with van der Waals surface area (Å²) in [5.41, 5.74) is 4.81. The van der Waals surface area contributed by atoms with Crippen molar-refractivity contribution in [1.82, 2.24) is 0 Å². The van der Waals surface area contributed by atoms with Gasteiger partial charge in [0.1, 0.15) is 5.75 Å². The zero-order chi connectivity index (χ0) is 11.7. The number of phenolic OH excluding ortho intramolecular Hbond substituents is 1. The Morgan fingerprint density at radius 1 is 1.00 bits per heavy atom. The summed E-state index contributed by atoms with van der Waals surface area (Å²) in [6, 6.07) is 12.0. The lowest BCUT2D eigenvalue weighted by atomic mass is 9.98. The summed E-state index contributed by atoms with van der Waals surface area (Å²) in [5, 5.41) is 9.47. The third-order valence-corrected chi connectivity index (χ3v) is 3.29. The molecule has 0 saturated carbocycles. The normalized spacial score (nSPS) is 10.4. The van der Waals surface area contributed by atoms with Gasteiger partial charge in [-0.25, -0.2) is 0 Å². The fraction of sp³-hybridized carbons (Fsp3) is 0.143. The maximum atomic E-state index is 9.47. The van der Waals surface area contributed by atoms with Crippen LogP contribution < -0.4 is 0 Å². The van der Waals surface area contributed by atoms with Gasteiger partial charge in [-0.05, 0) is 58.6 Å². The van der Waals surface area contributed by atoms with Crippen molar-refractivity contribution in [3.05, 3.63) is 52.0 Å². The van der Waals surface area contributed by atoms with E-state index < -0.39 is 0 Å². The van der Waals surface area contributed by atoms with Gasteiger partial charge in [-0.15, -0.1) is 0 Å². The van der Waals surface area contributed by atoms with Crippen molar-refractivity contribution in [2.45, 2.75) is 13.8 Å². The quantitative estimate of drug-likeness (QED) is 0.817. The molecular weight excluding hydrogens is 264 g/mol. The van der Waals surface area contributed by atoms with Crippen molar-refractivity contribution in [2.24, 2.45) is 0 Å². The molecule has 0 amide bonds. The Morgan fingerprint density at radius 3 is 2.44 bits per heavy atom. The van der Waals surface area contributed by atoms with E-state index in [4.69, 9.17) is 0 Å². The Labute approximate surface area is 104 Å². The number of benzene rings is 2. The van der Waals surface area contributed by atoms with Gasteiger partial charge < -0.3 is 5.11 Å². The predicted octanol–water partition coefficient (Wildman–Crippen LogP) is 4.44. The molecule has 2 aromatic carbocycles. The molecule has 0 saturated heterocycles. The Balaban J connectivity index is 2.58. The van der Waals surface area contributed by atoms with Gasteiger partial charge in [0.05, 0.1) is 4.47 Å². The lowest BCUT2D eigenvalue weighted by Crippen LogP contribution is -1.85. The molecule has 0 fully saturated rings. The minimum Gasteiger partial charge on any atom is -0.507 e. The van der Waals surface area contributed by atoms with Crippen LogP contribution >= 0.6 is 15.9 Å². The SMILES string of the molecule is Cc1ccc(C)c(-c2ccc(O)c(Br)c2)c1. The van der Waals surface area contributed by atoms with Gasteiger partial charge in [-0.1, -0.05) is 29.8 Å². The van der Waals surface area contributed by atoms with Gasteiger partial charge in [0.15, 0.2) is 0 Å². The molecule has 0 aliphatic rings. The van der Waals surface area contributed by atoms with Crippen LogP contribution in [0.1, 0.15) is 11.1 Å². The molecule has 1 N–H and O–H groups in total. The molecule has 0 heterocycles. The zero-order valence-corrected chi connectivity index (χ0v) is 10.9. The second kappa shape index (κ2) is 4.30. The molecule has 0 unspecified atom stereocenters. The average Bonchev–Trinajstić information content (AvgIpc) is 2.26. The second-order valence-electron chi connectivity index (χ2n) is 3.98. The Hall–Kier alpha value is -1.28. The molecule has 0 aromatic heterocycles. The number of aromatic hydroxyl groups is 1. The molecule has 1 nitrogen and oxygen atoms in total. The molecule has 0 aliphatic carbocycles. The van der Waals surface area contributed by atoms with E-state index in [1.807, 2.05) is 12.1 Å². The summed E-state index contributed by atoms with van der Waals surface area (Å²) in [7, 11) is 0. The van der Waals surface area contributed by atoms with Crippen LogP contribution in [-0.2, 0) is 0 Å². The summed E-state index contributed by atoms with van der Waals surface area (Å²) in [4.78, 5) is 0. The van der Waals surface area contributed by atoms with Gasteiger partial charge in [-0.2, -0.15) is 0 Å². The zero-order valence-electron chi connectivity index (χ0n) is 9.29. The number of halogens is 1. The molecule has 2 aromatic rings. The van der Waals surface area contributed by atoms with Gasteiger partial charge in [-0.3, -0.25) is 0 Å². The highest BCUT2D eigenvalue weighted by molar-refractivity contribution is 9.10. The first-order valence-electron chi connectivity index (χ1n) is 5.14. The van der Waals surface area contributed by atoms with Crippen molar-refractivity contribution < 1.29 is 5.11 Å². The highest BCUT2D eigenvalue weighted by Gasteiger charge is 2.05. The van der Waals surface area contributed by atoms with Crippen LogP contribution in [0.25, 0.3) is 11.1 Å². The number of phenols is 1. The maximum absolute atomic E-state index is 9.47. The van der Waals surface area contributed by atoms with E-state index in [9.17, 15) is 5.11 Å². The summed E-state index contributed by atoms with van der Waals surface area (Å²) < 4.78 is 0.728. The first-order chi connectivity index (χ1) is 7.58. The summed E-state index contributed by atoms with van der Waals surface area (Å²) in [5.74, 6) is 0.272. The average molecular weight is 277 g/mol. The highest BCUT2D eigenvalue weighted by atomic mass is 79.9. The van der Waals surface area contributed by atoms with Gasteiger partial charge >= 0.3 is 0 Å². The number of hydrogen-bond donors (Lipinski definition) is 1. The van der Waals surface area contributed by atoms with Crippen LogP contribution in [0.4, 0.5) is 0 Å². The summed E-state index contributed by atoms with van der Waals surface area (Å²) >= 11 is 3.34. The molecule has 0 radical (unpaired) electrons. The third kappa shape index (κ3) is 2.12. The molecule has 16 heavy (non-hydrogen) atoms. The molecule has 82 valence electrons. The molecule has 0 aliphatic heterocycles. The standard InChI is InChI=1S/C14H13BrO/c1-9-3-4-10(2)12(7-9)11-5-6-14(16)13(15)8-11/h3-8,16H,1-2H3. The summed E-state index contributed by atoms with van der Waals surface area (Å²) in [6.45, 7) is 4.17. The lowest BCUT2D eigenvalue weighted by molar-refractivity contribution is 0.472. The Bertz CT molecular complexity index is 532. The Morgan fingerprint density at radius 2 is 1.75 bits per heavy atom. The van der Waals surface area contributed by atoms with E-state index in [-0.39, 0.29) is 5.75 Å². The third-order valence-electron chi connectivity index (χ3n) is 2.65. The largest absolute Gasteiger partial charge is 0.507 e. The fourth-order valence-corrected chi connectivity index (χ4v) is 2.10. The molecule has 0 bridgehead atoms. The molecule has 2 rings (SSSR count). The first-order valence-corrected chi connectivity index (χ1v) is 5.93. The van der Waals surface area contributed by atoms with Crippen LogP contribution in [0.3, 0.4) is 0 Å². The van der Waals surface area contributed by atoms with Crippen molar-refractivity contribution in [2.75, 3.05) is 0 Å². The van der Waals surface area contributed by atoms with E-state index in [1.54, 1.807) is 6.07 Å². The number of hydrogen-bond acceptors (Lipinski definition) is 1. The fourth-order valence-electron chi connectivity index (χ4n) is 1.72. The Kier molecular flexibility index (Phi) is 3.01. The molecule has 0 atom stereocenters. The van der Waals surface area contributed by atoms with Gasteiger partial charge in [0, 0.05) is 0 Å². The number of aryl methyl sites for hydroxylation is 2. The van der Waals surface area contributed by atoms with Crippen molar-refractivity contribution in [1.29, 1.82) is 0 Å². The van der Waals surface area contributed by atoms with Crippen LogP contribution in [0, 0.1) is 13.8 Å². The highest BCUT2D eigenvalue weighted by Crippen LogP contribution is 2.31. The molecule has 2 heteroatoms. The van der Waals surface area contributed by atoms with Gasteiger partial charge in [0.2, 0.25) is 0 Å². The van der Waals surface area contributed by atoms with Crippen LogP contribution in [0.5, 0.6) is 5.75 Å². The second-order valence-corrected chi connectivity index (χ2v) is 4.84. The van der Waals surface area contributed by atoms with Crippen molar-refractivity contribution in [3.8, 4) is 16.9 Å². The minimum atomic E-state index is 0.272. The molecular formula is C14H13BrO. The first kappa shape index (κ1) is 11.2. The van der Waals surface area contributed by atoms with Crippen LogP contribution in [0.15, 0.2) is 40.9 Å². The van der Waals surface area contributed by atoms with E-state index >= 15 is 0 Å². The van der Waals surface area contributed by atoms with Crippen molar-refractivity contribution >= 4 is 15.9 Å². The lowest BCUT2D eigenvalue weighted by Gasteiger charge is -2.08. The minimum absolute atomic E-state index is 0.272. The van der Waals surface area contributed by atoms with Crippen LogP contribution in [-0.4, -0.2) is 5.11 Å². The smallest absolute Gasteiger partial charge is 0.129 e. The van der Waals surface area contributed by atoms with Gasteiger partial charge in [0.25, 0.3) is 0 Å². The number of rotatable bonds is 1. The monoisotopic (exact) mass is 276 g/mol. The van der Waals surface area contributed by atoms with E-state index in [0.29, 0.717) is 0 Å². The van der Waals surface area contributed by atoms with E-state index in [0.717, 1.165) is 10.0 Å². The predicted molar refractivity (Wildman–Crippen MR) is 70.7 cm³/mol. The van der Waals surface area contributed by atoms with E-state index in [1.165, 1.54) is 16.7 Å².